The number of hydrogen-bond donors (Lipinski definition) is 1. The van der Waals surface area contributed by atoms with Gasteiger partial charge in [-0.3, -0.25) is 4.90 Å². The standard InChI is InChI=1S/C13H24N2O/c14-13-4-1-12(2-5-13,3-6-13)11-15-7-9-16-10-8-15/h1-11,14H2. The molecule has 4 fully saturated rings. The van der Waals surface area contributed by atoms with Crippen LogP contribution in [0.15, 0.2) is 0 Å². The third kappa shape index (κ3) is 2.01. The van der Waals surface area contributed by atoms with Crippen LogP contribution < -0.4 is 5.73 Å². The molecule has 0 aromatic carbocycles. The quantitative estimate of drug-likeness (QED) is 0.770. The molecule has 2 bridgehead atoms. The zero-order chi connectivity index (χ0) is 11.1. The van der Waals surface area contributed by atoms with Crippen molar-refractivity contribution in [1.29, 1.82) is 0 Å². The van der Waals surface area contributed by atoms with Gasteiger partial charge >= 0.3 is 0 Å². The molecule has 2 N–H and O–H groups in total. The first-order valence-electron chi connectivity index (χ1n) is 6.79. The molecule has 3 heteroatoms. The van der Waals surface area contributed by atoms with Gasteiger partial charge in [0.05, 0.1) is 13.2 Å². The van der Waals surface area contributed by atoms with Crippen molar-refractivity contribution in [2.45, 2.75) is 44.1 Å². The molecule has 1 aliphatic heterocycles. The van der Waals surface area contributed by atoms with Crippen molar-refractivity contribution < 1.29 is 4.74 Å². The Morgan fingerprint density at radius 1 is 0.938 bits per heavy atom. The fraction of sp³-hybridized carbons (Fsp3) is 1.00. The maximum atomic E-state index is 6.35. The monoisotopic (exact) mass is 224 g/mol. The first kappa shape index (κ1) is 11.0. The first-order valence-corrected chi connectivity index (χ1v) is 6.79. The summed E-state index contributed by atoms with van der Waals surface area (Å²) in [4.78, 5) is 2.61. The summed E-state index contributed by atoms with van der Waals surface area (Å²) in [5, 5.41) is 0. The van der Waals surface area contributed by atoms with E-state index in [4.69, 9.17) is 10.5 Å². The van der Waals surface area contributed by atoms with Crippen LogP contribution in [0.3, 0.4) is 0 Å². The fourth-order valence-electron chi connectivity index (χ4n) is 3.76. The van der Waals surface area contributed by atoms with Gasteiger partial charge < -0.3 is 10.5 Å². The van der Waals surface area contributed by atoms with Crippen LogP contribution in [-0.4, -0.2) is 43.3 Å². The molecule has 4 rings (SSSR count). The minimum atomic E-state index is 0.215. The van der Waals surface area contributed by atoms with E-state index in [0.29, 0.717) is 5.41 Å². The molecule has 0 aromatic rings. The van der Waals surface area contributed by atoms with E-state index < -0.39 is 0 Å². The zero-order valence-corrected chi connectivity index (χ0v) is 10.2. The smallest absolute Gasteiger partial charge is 0.0594 e. The van der Waals surface area contributed by atoms with Crippen molar-refractivity contribution in [3.8, 4) is 0 Å². The van der Waals surface area contributed by atoms with Crippen molar-refractivity contribution in [2.75, 3.05) is 32.8 Å². The first-order chi connectivity index (χ1) is 7.70. The highest BCUT2D eigenvalue weighted by Gasteiger charge is 2.47. The molecular weight excluding hydrogens is 200 g/mol. The number of nitrogens with zero attached hydrogens (tertiary/aromatic N) is 1. The van der Waals surface area contributed by atoms with E-state index in [2.05, 4.69) is 4.90 Å². The largest absolute Gasteiger partial charge is 0.379 e. The number of fused-ring (bicyclic) bond motifs is 3. The molecule has 0 unspecified atom stereocenters. The Hall–Kier alpha value is -0.120. The molecule has 0 aromatic heterocycles. The van der Waals surface area contributed by atoms with Gasteiger partial charge in [0.25, 0.3) is 0 Å². The lowest BCUT2D eigenvalue weighted by molar-refractivity contribution is -0.0244. The molecule has 92 valence electrons. The maximum Gasteiger partial charge on any atom is 0.0594 e. The second kappa shape index (κ2) is 3.97. The molecule has 0 atom stereocenters. The van der Waals surface area contributed by atoms with Crippen molar-refractivity contribution in [1.82, 2.24) is 4.90 Å². The van der Waals surface area contributed by atoms with Crippen molar-refractivity contribution in [3.05, 3.63) is 0 Å². The third-order valence-corrected chi connectivity index (χ3v) is 5.12. The van der Waals surface area contributed by atoms with Crippen molar-refractivity contribution in [3.63, 3.8) is 0 Å². The van der Waals surface area contributed by atoms with Crippen molar-refractivity contribution in [2.24, 2.45) is 11.1 Å². The van der Waals surface area contributed by atoms with Gasteiger partial charge in [-0.15, -0.1) is 0 Å². The molecule has 4 aliphatic rings. The Balaban J connectivity index is 1.61. The van der Waals surface area contributed by atoms with Gasteiger partial charge in [0.15, 0.2) is 0 Å². The van der Waals surface area contributed by atoms with E-state index in [9.17, 15) is 0 Å². The van der Waals surface area contributed by atoms with E-state index >= 15 is 0 Å². The molecule has 0 radical (unpaired) electrons. The van der Waals surface area contributed by atoms with Crippen molar-refractivity contribution >= 4 is 0 Å². The highest BCUT2D eigenvalue weighted by molar-refractivity contribution is 5.03. The Kier molecular flexibility index (Phi) is 2.73. The Morgan fingerprint density at radius 3 is 2.06 bits per heavy atom. The number of ether oxygens (including phenoxy) is 1. The Labute approximate surface area is 98.3 Å². The lowest BCUT2D eigenvalue weighted by Crippen LogP contribution is -2.55. The summed E-state index contributed by atoms with van der Waals surface area (Å²) in [5.41, 5.74) is 7.18. The predicted octanol–water partition coefficient (Wildman–Crippen LogP) is 1.37. The summed E-state index contributed by atoms with van der Waals surface area (Å²) in [6.07, 6.45) is 7.87. The minimum Gasteiger partial charge on any atom is -0.379 e. The van der Waals surface area contributed by atoms with Gasteiger partial charge in [-0.05, 0) is 43.9 Å². The Morgan fingerprint density at radius 2 is 1.50 bits per heavy atom. The van der Waals surface area contributed by atoms with E-state index in [0.717, 1.165) is 26.3 Å². The molecule has 1 saturated heterocycles. The lowest BCUT2D eigenvalue weighted by atomic mass is 9.57. The highest BCUT2D eigenvalue weighted by atomic mass is 16.5. The van der Waals surface area contributed by atoms with Crippen LogP contribution in [-0.2, 0) is 4.74 Å². The van der Waals surface area contributed by atoms with E-state index in [1.54, 1.807) is 0 Å². The average Bonchev–Trinajstić information content (AvgIpc) is 2.33. The molecule has 16 heavy (non-hydrogen) atoms. The molecule has 0 spiro atoms. The van der Waals surface area contributed by atoms with Crippen LogP contribution in [0.4, 0.5) is 0 Å². The topological polar surface area (TPSA) is 38.5 Å². The van der Waals surface area contributed by atoms with Gasteiger partial charge in [0, 0.05) is 25.2 Å². The summed E-state index contributed by atoms with van der Waals surface area (Å²) in [5.74, 6) is 0. The molecule has 3 nitrogen and oxygen atoms in total. The van der Waals surface area contributed by atoms with Crippen LogP contribution in [0.2, 0.25) is 0 Å². The predicted molar refractivity (Wildman–Crippen MR) is 64.3 cm³/mol. The maximum absolute atomic E-state index is 6.35. The summed E-state index contributed by atoms with van der Waals surface area (Å²) in [7, 11) is 0. The second-order valence-corrected chi connectivity index (χ2v) is 6.25. The molecule has 3 saturated carbocycles. The molecule has 0 amide bonds. The van der Waals surface area contributed by atoms with Gasteiger partial charge in [0.2, 0.25) is 0 Å². The van der Waals surface area contributed by atoms with E-state index in [1.807, 2.05) is 0 Å². The fourth-order valence-corrected chi connectivity index (χ4v) is 3.76. The number of hydrogen-bond acceptors (Lipinski definition) is 3. The lowest BCUT2D eigenvalue weighted by Gasteiger charge is -2.53. The number of morpholine rings is 1. The SMILES string of the molecule is NC12CCC(CN3CCOCC3)(CC1)CC2. The van der Waals surface area contributed by atoms with Gasteiger partial charge in [-0.25, -0.2) is 0 Å². The van der Waals surface area contributed by atoms with Crippen LogP contribution in [0.1, 0.15) is 38.5 Å². The highest BCUT2D eigenvalue weighted by Crippen LogP contribution is 2.51. The summed E-state index contributed by atoms with van der Waals surface area (Å²) < 4.78 is 5.42. The van der Waals surface area contributed by atoms with Crippen LogP contribution in [0.5, 0.6) is 0 Å². The van der Waals surface area contributed by atoms with Crippen LogP contribution >= 0.6 is 0 Å². The zero-order valence-electron chi connectivity index (χ0n) is 10.2. The Bertz CT molecular complexity index is 236. The van der Waals surface area contributed by atoms with Gasteiger partial charge in [0.1, 0.15) is 0 Å². The second-order valence-electron chi connectivity index (χ2n) is 6.25. The minimum absolute atomic E-state index is 0.215. The van der Waals surface area contributed by atoms with Gasteiger partial charge in [-0.2, -0.15) is 0 Å². The van der Waals surface area contributed by atoms with Crippen LogP contribution in [0.25, 0.3) is 0 Å². The number of nitrogens with two attached hydrogens (primary N) is 1. The number of rotatable bonds is 2. The van der Waals surface area contributed by atoms with E-state index in [1.165, 1.54) is 45.1 Å². The molecule has 1 heterocycles. The molecule has 3 aliphatic carbocycles. The summed E-state index contributed by atoms with van der Waals surface area (Å²) in [6, 6.07) is 0. The normalized spacial score (nSPS) is 44.8. The summed E-state index contributed by atoms with van der Waals surface area (Å²) >= 11 is 0. The third-order valence-electron chi connectivity index (χ3n) is 5.12. The summed E-state index contributed by atoms with van der Waals surface area (Å²) in [6.45, 7) is 5.42. The van der Waals surface area contributed by atoms with E-state index in [-0.39, 0.29) is 5.54 Å². The molecular formula is C13H24N2O. The van der Waals surface area contributed by atoms with Crippen LogP contribution in [0, 0.1) is 5.41 Å². The average molecular weight is 224 g/mol. The van der Waals surface area contributed by atoms with Gasteiger partial charge in [-0.1, -0.05) is 0 Å².